The number of carbonyl (C=O) groups excluding carboxylic acids is 1. The molecule has 5 rings (SSSR count). The van der Waals surface area contributed by atoms with Crippen molar-refractivity contribution >= 4 is 40.2 Å². The molecule has 0 aliphatic carbocycles. The highest BCUT2D eigenvalue weighted by atomic mass is 32.2. The first-order valence-electron chi connectivity index (χ1n) is 17.4. The van der Waals surface area contributed by atoms with Gasteiger partial charge in [0, 0.05) is 46.6 Å². The standard InChI is InChI=1S/C41H49N5O2S/c1-7-45(8-2)25-26-49-32-18-12-17-31(27-32)36-35-21-14-23-42-39(35)46(24-22-30-15-10-9-11-16-30)40(47)38(36)44-41(48)43-37-33(28(3)4)19-13-20-34(37)29(5)6/h9-21,23,27-29H,7-8,22,24-26H2,1-6H3,(H2,43,44,48). The molecular formula is C41H49N5O2S. The number of urea groups is 1. The number of para-hydroxylation sites is 1. The number of carbonyl (C=O) groups is 1. The highest BCUT2D eigenvalue weighted by Gasteiger charge is 2.23. The molecule has 0 fully saturated rings. The van der Waals surface area contributed by atoms with E-state index in [1.807, 2.05) is 48.5 Å². The molecule has 2 heterocycles. The maximum Gasteiger partial charge on any atom is 0.323 e. The van der Waals surface area contributed by atoms with E-state index in [-0.39, 0.29) is 23.1 Å². The Bertz CT molecular complexity index is 1910. The van der Waals surface area contributed by atoms with E-state index >= 15 is 0 Å². The molecule has 2 N–H and O–H groups in total. The fourth-order valence-corrected chi connectivity index (χ4v) is 7.29. The first-order valence-corrected chi connectivity index (χ1v) is 18.4. The van der Waals surface area contributed by atoms with E-state index in [2.05, 4.69) is 93.5 Å². The fraction of sp³-hybridized carbons (Fsp3) is 0.341. The van der Waals surface area contributed by atoms with E-state index in [1.54, 1.807) is 22.5 Å². The summed E-state index contributed by atoms with van der Waals surface area (Å²) in [4.78, 5) is 36.9. The summed E-state index contributed by atoms with van der Waals surface area (Å²) in [5.74, 6) is 1.36. The largest absolute Gasteiger partial charge is 0.323 e. The Balaban J connectivity index is 1.61. The van der Waals surface area contributed by atoms with E-state index in [9.17, 15) is 9.59 Å². The van der Waals surface area contributed by atoms with Gasteiger partial charge in [-0.05, 0) is 77.9 Å². The first-order chi connectivity index (χ1) is 23.7. The lowest BCUT2D eigenvalue weighted by Crippen LogP contribution is -2.30. The SMILES string of the molecule is CCN(CC)CCSc1cccc(-c2c(NC(=O)Nc3c(C(C)C)cccc3C(C)C)c(=O)n(CCc3ccccc3)c3ncccc23)c1. The van der Waals surface area contributed by atoms with Crippen molar-refractivity contribution in [3.63, 3.8) is 0 Å². The van der Waals surface area contributed by atoms with Crippen molar-refractivity contribution in [2.45, 2.75) is 71.2 Å². The lowest BCUT2D eigenvalue weighted by molar-refractivity contribution is 0.262. The molecule has 49 heavy (non-hydrogen) atoms. The summed E-state index contributed by atoms with van der Waals surface area (Å²) in [5, 5.41) is 7.02. The molecule has 5 aromatic rings. The van der Waals surface area contributed by atoms with Gasteiger partial charge in [0.2, 0.25) is 0 Å². The molecule has 0 saturated heterocycles. The van der Waals surface area contributed by atoms with Crippen LogP contribution < -0.4 is 16.2 Å². The summed E-state index contributed by atoms with van der Waals surface area (Å²) in [6.07, 6.45) is 2.37. The van der Waals surface area contributed by atoms with Crippen molar-refractivity contribution in [2.75, 3.05) is 36.0 Å². The van der Waals surface area contributed by atoms with Crippen molar-refractivity contribution in [2.24, 2.45) is 0 Å². The molecule has 0 aliphatic rings. The number of aromatic nitrogens is 2. The van der Waals surface area contributed by atoms with Crippen molar-refractivity contribution < 1.29 is 4.79 Å². The number of thioether (sulfide) groups is 1. The Kier molecular flexibility index (Phi) is 12.3. The van der Waals surface area contributed by atoms with Crippen LogP contribution in [-0.4, -0.2) is 45.9 Å². The summed E-state index contributed by atoms with van der Waals surface area (Å²) in [7, 11) is 0. The zero-order valence-corrected chi connectivity index (χ0v) is 30.4. The van der Waals surface area contributed by atoms with Crippen molar-refractivity contribution in [3.8, 4) is 11.1 Å². The van der Waals surface area contributed by atoms with Crippen LogP contribution in [0.5, 0.6) is 0 Å². The number of nitrogens with one attached hydrogen (secondary N) is 2. The summed E-state index contributed by atoms with van der Waals surface area (Å²) in [6, 6.07) is 28.0. The third-order valence-corrected chi connectivity index (χ3v) is 10.0. The van der Waals surface area contributed by atoms with E-state index in [1.165, 1.54) is 0 Å². The maximum absolute atomic E-state index is 14.6. The molecule has 0 saturated carbocycles. The Hall–Kier alpha value is -4.40. The molecule has 2 amide bonds. The quantitative estimate of drug-likeness (QED) is 0.115. The topological polar surface area (TPSA) is 79.3 Å². The monoisotopic (exact) mass is 675 g/mol. The van der Waals surface area contributed by atoms with E-state index in [0.717, 1.165) is 63.6 Å². The summed E-state index contributed by atoms with van der Waals surface area (Å²) >= 11 is 1.80. The average Bonchev–Trinajstić information content (AvgIpc) is 3.10. The first kappa shape index (κ1) is 35.9. The maximum atomic E-state index is 14.6. The number of anilines is 2. The van der Waals surface area contributed by atoms with Gasteiger partial charge in [0.15, 0.2) is 0 Å². The highest BCUT2D eigenvalue weighted by Crippen LogP contribution is 2.36. The highest BCUT2D eigenvalue weighted by molar-refractivity contribution is 7.99. The van der Waals surface area contributed by atoms with Crippen LogP contribution in [0.4, 0.5) is 16.2 Å². The van der Waals surface area contributed by atoms with Crippen LogP contribution >= 0.6 is 11.8 Å². The van der Waals surface area contributed by atoms with Gasteiger partial charge in [0.05, 0.1) is 0 Å². The summed E-state index contributed by atoms with van der Waals surface area (Å²) < 4.78 is 1.70. The second-order valence-electron chi connectivity index (χ2n) is 12.9. The van der Waals surface area contributed by atoms with Crippen LogP contribution in [0, 0.1) is 0 Å². The van der Waals surface area contributed by atoms with Crippen molar-refractivity contribution in [1.29, 1.82) is 0 Å². The molecule has 0 atom stereocenters. The van der Waals surface area contributed by atoms with Gasteiger partial charge in [0.1, 0.15) is 11.3 Å². The molecule has 0 bridgehead atoms. The Morgan fingerprint density at radius 2 is 1.51 bits per heavy atom. The van der Waals surface area contributed by atoms with Crippen molar-refractivity contribution in [1.82, 2.24) is 14.5 Å². The average molecular weight is 676 g/mol. The van der Waals surface area contributed by atoms with E-state index < -0.39 is 6.03 Å². The molecular weight excluding hydrogens is 627 g/mol. The van der Waals surface area contributed by atoms with Crippen LogP contribution in [0.25, 0.3) is 22.2 Å². The number of benzene rings is 3. The third-order valence-electron chi connectivity index (χ3n) is 9.03. The number of rotatable bonds is 14. The number of amides is 2. The number of hydrogen-bond acceptors (Lipinski definition) is 5. The lowest BCUT2D eigenvalue weighted by Gasteiger charge is -2.22. The second kappa shape index (κ2) is 16.8. The molecule has 2 aromatic heterocycles. The molecule has 0 unspecified atom stereocenters. The number of aryl methyl sites for hydroxylation is 2. The fourth-order valence-electron chi connectivity index (χ4n) is 6.32. The molecule has 3 aromatic carbocycles. The normalized spacial score (nSPS) is 11.5. The van der Waals surface area contributed by atoms with Gasteiger partial charge in [-0.15, -0.1) is 11.8 Å². The van der Waals surface area contributed by atoms with Crippen LogP contribution in [-0.2, 0) is 13.0 Å². The molecule has 8 heteroatoms. The Labute approximate surface area is 295 Å². The lowest BCUT2D eigenvalue weighted by atomic mass is 9.93. The van der Waals surface area contributed by atoms with Crippen LogP contribution in [0.15, 0.2) is 101 Å². The Morgan fingerprint density at radius 3 is 2.18 bits per heavy atom. The van der Waals surface area contributed by atoms with E-state index in [4.69, 9.17) is 4.98 Å². The van der Waals surface area contributed by atoms with Gasteiger partial charge in [-0.2, -0.15) is 0 Å². The number of fused-ring (bicyclic) bond motifs is 1. The minimum Gasteiger partial charge on any atom is -0.307 e. The smallest absolute Gasteiger partial charge is 0.307 e. The third kappa shape index (κ3) is 8.61. The molecule has 256 valence electrons. The van der Waals surface area contributed by atoms with Gasteiger partial charge in [-0.1, -0.05) is 102 Å². The van der Waals surface area contributed by atoms with Crippen LogP contribution in [0.3, 0.4) is 0 Å². The van der Waals surface area contributed by atoms with Gasteiger partial charge >= 0.3 is 6.03 Å². The predicted molar refractivity (Wildman–Crippen MR) is 207 cm³/mol. The zero-order chi connectivity index (χ0) is 34.9. The zero-order valence-electron chi connectivity index (χ0n) is 29.6. The summed E-state index contributed by atoms with van der Waals surface area (Å²) in [6.45, 7) is 16.3. The minimum absolute atomic E-state index is 0.202. The number of pyridine rings is 2. The van der Waals surface area contributed by atoms with Gasteiger partial charge in [-0.3, -0.25) is 9.36 Å². The molecule has 0 aliphatic heterocycles. The van der Waals surface area contributed by atoms with Gasteiger partial charge in [0.25, 0.3) is 5.56 Å². The second-order valence-corrected chi connectivity index (χ2v) is 14.1. The Morgan fingerprint density at radius 1 is 0.837 bits per heavy atom. The van der Waals surface area contributed by atoms with Gasteiger partial charge in [-0.25, -0.2) is 9.78 Å². The molecule has 0 radical (unpaired) electrons. The van der Waals surface area contributed by atoms with Crippen LogP contribution in [0.2, 0.25) is 0 Å². The number of hydrogen-bond donors (Lipinski definition) is 2. The summed E-state index contributed by atoms with van der Waals surface area (Å²) in [5.41, 5.74) is 6.11. The van der Waals surface area contributed by atoms with Gasteiger partial charge < -0.3 is 15.5 Å². The molecule has 7 nitrogen and oxygen atoms in total. The molecule has 0 spiro atoms. The minimum atomic E-state index is -0.448. The van der Waals surface area contributed by atoms with E-state index in [0.29, 0.717) is 24.2 Å². The number of nitrogens with zero attached hydrogens (tertiary/aromatic N) is 3. The van der Waals surface area contributed by atoms with Crippen LogP contribution in [0.1, 0.15) is 70.1 Å². The van der Waals surface area contributed by atoms with Crippen molar-refractivity contribution in [3.05, 3.63) is 118 Å². The predicted octanol–water partition coefficient (Wildman–Crippen LogP) is 9.63.